The summed E-state index contributed by atoms with van der Waals surface area (Å²) < 4.78 is 11.5. The zero-order chi connectivity index (χ0) is 19.5. The Bertz CT molecular complexity index is 764. The van der Waals surface area contributed by atoms with E-state index in [2.05, 4.69) is 31.8 Å². The molecular formula is C20H24BrN3O3. The highest BCUT2D eigenvalue weighted by atomic mass is 79.9. The van der Waals surface area contributed by atoms with Crippen molar-refractivity contribution in [2.24, 2.45) is 5.10 Å². The number of ether oxygens (including phenoxy) is 2. The molecule has 2 rings (SSSR count). The molecule has 2 aromatic rings. The van der Waals surface area contributed by atoms with Crippen molar-refractivity contribution in [3.63, 3.8) is 0 Å². The number of benzene rings is 2. The first-order valence-corrected chi connectivity index (χ1v) is 9.40. The van der Waals surface area contributed by atoms with Gasteiger partial charge in [0.2, 0.25) is 5.91 Å². The molecule has 0 unspecified atom stereocenters. The summed E-state index contributed by atoms with van der Waals surface area (Å²) in [5.41, 5.74) is 4.60. The standard InChI is InChI=1S/C20H24BrN3O3/c1-26-18-8-5-15(13-19(18)27-2)9-11-22-12-10-20(25)24-23-14-16-3-6-17(21)7-4-16/h3-8,13-14,22H,9-12H2,1-2H3,(H,24,25)/b23-14-. The first-order valence-electron chi connectivity index (χ1n) is 8.61. The minimum Gasteiger partial charge on any atom is -0.493 e. The Morgan fingerprint density at radius 2 is 1.81 bits per heavy atom. The number of nitrogens with zero attached hydrogens (tertiary/aromatic N) is 1. The molecule has 0 heterocycles. The van der Waals surface area contributed by atoms with Gasteiger partial charge in [0.1, 0.15) is 0 Å². The lowest BCUT2D eigenvalue weighted by atomic mass is 10.1. The number of hydrogen-bond donors (Lipinski definition) is 2. The molecule has 0 aliphatic carbocycles. The molecule has 144 valence electrons. The smallest absolute Gasteiger partial charge is 0.241 e. The summed E-state index contributed by atoms with van der Waals surface area (Å²) in [6.07, 6.45) is 2.82. The number of methoxy groups -OCH3 is 2. The minimum absolute atomic E-state index is 0.123. The van der Waals surface area contributed by atoms with Crippen LogP contribution in [0, 0.1) is 0 Å². The van der Waals surface area contributed by atoms with Gasteiger partial charge < -0.3 is 14.8 Å². The van der Waals surface area contributed by atoms with E-state index in [0.29, 0.717) is 13.0 Å². The van der Waals surface area contributed by atoms with Crippen LogP contribution in [0.5, 0.6) is 11.5 Å². The summed E-state index contributed by atoms with van der Waals surface area (Å²) in [4.78, 5) is 11.8. The highest BCUT2D eigenvalue weighted by Crippen LogP contribution is 2.27. The van der Waals surface area contributed by atoms with Crippen molar-refractivity contribution in [1.82, 2.24) is 10.7 Å². The molecule has 2 N–H and O–H groups in total. The molecule has 0 saturated carbocycles. The Kier molecular flexibility index (Phi) is 8.80. The second kappa shape index (κ2) is 11.4. The van der Waals surface area contributed by atoms with E-state index in [9.17, 15) is 4.79 Å². The van der Waals surface area contributed by atoms with Crippen LogP contribution in [-0.4, -0.2) is 39.4 Å². The predicted molar refractivity (Wildman–Crippen MR) is 111 cm³/mol. The average molecular weight is 434 g/mol. The molecule has 0 fully saturated rings. The number of rotatable bonds is 10. The molecule has 0 aliphatic heterocycles. The Hall–Kier alpha value is -2.38. The minimum atomic E-state index is -0.123. The number of nitrogens with one attached hydrogen (secondary N) is 2. The van der Waals surface area contributed by atoms with Gasteiger partial charge in [0, 0.05) is 17.4 Å². The number of hydrazone groups is 1. The van der Waals surface area contributed by atoms with Gasteiger partial charge in [-0.15, -0.1) is 0 Å². The number of carbonyl (C=O) groups excluding carboxylic acids is 1. The Balaban J connectivity index is 1.63. The molecule has 0 bridgehead atoms. The highest BCUT2D eigenvalue weighted by molar-refractivity contribution is 9.10. The molecular weight excluding hydrogens is 410 g/mol. The third-order valence-electron chi connectivity index (χ3n) is 3.84. The molecule has 27 heavy (non-hydrogen) atoms. The van der Waals surface area contributed by atoms with E-state index < -0.39 is 0 Å². The fraction of sp³-hybridized carbons (Fsp3) is 0.300. The van der Waals surface area contributed by atoms with E-state index in [-0.39, 0.29) is 5.91 Å². The summed E-state index contributed by atoms with van der Waals surface area (Å²) in [7, 11) is 3.24. The molecule has 1 amide bonds. The zero-order valence-corrected chi connectivity index (χ0v) is 17.1. The number of halogens is 1. The van der Waals surface area contributed by atoms with Crippen LogP contribution in [0.4, 0.5) is 0 Å². The summed E-state index contributed by atoms with van der Waals surface area (Å²) >= 11 is 3.37. The van der Waals surface area contributed by atoms with Crippen LogP contribution >= 0.6 is 15.9 Å². The van der Waals surface area contributed by atoms with Crippen LogP contribution in [0.3, 0.4) is 0 Å². The lowest BCUT2D eigenvalue weighted by Gasteiger charge is -2.10. The topological polar surface area (TPSA) is 72.0 Å². The number of carbonyl (C=O) groups is 1. The maximum atomic E-state index is 11.8. The van der Waals surface area contributed by atoms with Gasteiger partial charge in [0.15, 0.2) is 11.5 Å². The summed E-state index contributed by atoms with van der Waals surface area (Å²) in [6, 6.07) is 13.5. The normalized spacial score (nSPS) is 10.8. The highest BCUT2D eigenvalue weighted by Gasteiger charge is 2.04. The maximum Gasteiger partial charge on any atom is 0.241 e. The number of hydrogen-bond acceptors (Lipinski definition) is 5. The van der Waals surface area contributed by atoms with Crippen molar-refractivity contribution >= 4 is 28.1 Å². The third kappa shape index (κ3) is 7.40. The van der Waals surface area contributed by atoms with Gasteiger partial charge in [-0.3, -0.25) is 4.79 Å². The summed E-state index contributed by atoms with van der Waals surface area (Å²) in [5, 5.41) is 7.21. The van der Waals surface area contributed by atoms with E-state index >= 15 is 0 Å². The monoisotopic (exact) mass is 433 g/mol. The Morgan fingerprint density at radius 3 is 2.52 bits per heavy atom. The van der Waals surface area contributed by atoms with E-state index in [0.717, 1.165) is 40.1 Å². The first-order chi connectivity index (χ1) is 13.1. The van der Waals surface area contributed by atoms with Crippen molar-refractivity contribution in [2.75, 3.05) is 27.3 Å². The van der Waals surface area contributed by atoms with E-state index in [1.165, 1.54) is 0 Å². The van der Waals surface area contributed by atoms with Crippen molar-refractivity contribution in [1.29, 1.82) is 0 Å². The van der Waals surface area contributed by atoms with Gasteiger partial charge in [0.25, 0.3) is 0 Å². The fourth-order valence-corrected chi connectivity index (χ4v) is 2.64. The van der Waals surface area contributed by atoms with Crippen molar-refractivity contribution in [3.05, 3.63) is 58.1 Å². The zero-order valence-electron chi connectivity index (χ0n) is 15.5. The Morgan fingerprint density at radius 1 is 1.07 bits per heavy atom. The van der Waals surface area contributed by atoms with Gasteiger partial charge in [-0.1, -0.05) is 34.1 Å². The summed E-state index contributed by atoms with van der Waals surface area (Å²) in [5.74, 6) is 1.31. The quantitative estimate of drug-likeness (QED) is 0.343. The molecule has 7 heteroatoms. The molecule has 0 saturated heterocycles. The number of amides is 1. The lowest BCUT2D eigenvalue weighted by Crippen LogP contribution is -2.25. The van der Waals surface area contributed by atoms with Gasteiger partial charge >= 0.3 is 0 Å². The fourth-order valence-electron chi connectivity index (χ4n) is 2.38. The summed E-state index contributed by atoms with van der Waals surface area (Å²) in [6.45, 7) is 1.36. The van der Waals surface area contributed by atoms with Gasteiger partial charge in [0.05, 0.1) is 20.4 Å². The van der Waals surface area contributed by atoms with Gasteiger partial charge in [-0.2, -0.15) is 5.10 Å². The van der Waals surface area contributed by atoms with Crippen LogP contribution in [0.25, 0.3) is 0 Å². The van der Waals surface area contributed by atoms with Crippen LogP contribution in [-0.2, 0) is 11.2 Å². The third-order valence-corrected chi connectivity index (χ3v) is 4.37. The second-order valence-electron chi connectivity index (χ2n) is 5.78. The molecule has 0 radical (unpaired) electrons. The second-order valence-corrected chi connectivity index (χ2v) is 6.70. The lowest BCUT2D eigenvalue weighted by molar-refractivity contribution is -0.120. The molecule has 0 spiro atoms. The van der Waals surface area contributed by atoms with E-state index in [1.54, 1.807) is 20.4 Å². The van der Waals surface area contributed by atoms with Crippen LogP contribution < -0.4 is 20.2 Å². The predicted octanol–water partition coefficient (Wildman–Crippen LogP) is 3.14. The van der Waals surface area contributed by atoms with Crippen LogP contribution in [0.2, 0.25) is 0 Å². The van der Waals surface area contributed by atoms with Crippen LogP contribution in [0.15, 0.2) is 52.0 Å². The van der Waals surface area contributed by atoms with Crippen LogP contribution in [0.1, 0.15) is 17.5 Å². The molecule has 6 nitrogen and oxygen atoms in total. The first kappa shape index (κ1) is 20.9. The molecule has 2 aromatic carbocycles. The van der Waals surface area contributed by atoms with E-state index in [4.69, 9.17) is 9.47 Å². The van der Waals surface area contributed by atoms with Crippen molar-refractivity contribution < 1.29 is 14.3 Å². The molecule has 0 atom stereocenters. The maximum absolute atomic E-state index is 11.8. The average Bonchev–Trinajstić information content (AvgIpc) is 2.69. The van der Waals surface area contributed by atoms with Crippen molar-refractivity contribution in [3.8, 4) is 11.5 Å². The molecule has 0 aromatic heterocycles. The van der Waals surface area contributed by atoms with Gasteiger partial charge in [-0.05, 0) is 48.4 Å². The van der Waals surface area contributed by atoms with Gasteiger partial charge in [-0.25, -0.2) is 5.43 Å². The van der Waals surface area contributed by atoms with Crippen molar-refractivity contribution in [2.45, 2.75) is 12.8 Å². The molecule has 0 aliphatic rings. The van der Waals surface area contributed by atoms with E-state index in [1.807, 2.05) is 42.5 Å². The largest absolute Gasteiger partial charge is 0.493 e. The SMILES string of the molecule is COc1ccc(CCNCCC(=O)N/N=C\c2ccc(Br)cc2)cc1OC. The Labute approximate surface area is 168 Å².